The van der Waals surface area contributed by atoms with Crippen LogP contribution in [0.25, 0.3) is 0 Å². The number of nitrogens with one attached hydrogen (secondary N) is 3. The third-order valence-electron chi connectivity index (χ3n) is 5.34. The van der Waals surface area contributed by atoms with Gasteiger partial charge in [-0.05, 0) is 31.4 Å². The normalized spacial score (nSPS) is 17.9. The van der Waals surface area contributed by atoms with Crippen LogP contribution in [0.5, 0.6) is 5.75 Å². The number of primary amides is 1. The number of carbonyl (C=O) groups is 2. The Kier molecular flexibility index (Phi) is 7.63. The van der Waals surface area contributed by atoms with E-state index in [0.717, 1.165) is 44.2 Å². The Hall–Kier alpha value is -3.63. The number of anilines is 3. The minimum atomic E-state index is -1.06. The van der Waals surface area contributed by atoms with Crippen molar-refractivity contribution in [3.63, 3.8) is 0 Å². The van der Waals surface area contributed by atoms with Crippen LogP contribution < -0.4 is 26.4 Å². The molecule has 1 saturated carbocycles. The minimum absolute atomic E-state index is 0.0194. The first kappa shape index (κ1) is 23.0. The summed E-state index contributed by atoms with van der Waals surface area (Å²) in [6, 6.07) is 4.80. The molecule has 2 amide bonds. The quantitative estimate of drug-likeness (QED) is 0.392. The van der Waals surface area contributed by atoms with Crippen molar-refractivity contribution >= 4 is 29.3 Å². The van der Waals surface area contributed by atoms with E-state index >= 15 is 0 Å². The summed E-state index contributed by atoms with van der Waals surface area (Å²) in [6.07, 6.45) is 4.02. The van der Waals surface area contributed by atoms with Crippen LogP contribution in [0.1, 0.15) is 55.2 Å². The van der Waals surface area contributed by atoms with Gasteiger partial charge in [0.25, 0.3) is 5.91 Å². The predicted molar refractivity (Wildman–Crippen MR) is 119 cm³/mol. The number of rotatable bonds is 9. The number of aryl methyl sites for hydroxylation is 1. The fraction of sp³-hybridized carbons (Fsp3) is 0.476. The Bertz CT molecular complexity index is 969. The molecule has 2 atom stereocenters. The molecule has 0 saturated heterocycles. The van der Waals surface area contributed by atoms with E-state index in [1.165, 1.54) is 0 Å². The van der Waals surface area contributed by atoms with Crippen LogP contribution in [-0.2, 0) is 6.42 Å². The number of nitrogens with two attached hydrogens (primary N) is 1. The highest BCUT2D eigenvalue weighted by atomic mass is 16.5. The van der Waals surface area contributed by atoms with Gasteiger partial charge in [-0.3, -0.25) is 4.79 Å². The summed E-state index contributed by atoms with van der Waals surface area (Å²) in [6.45, 7) is 2.05. The van der Waals surface area contributed by atoms with E-state index in [1.54, 1.807) is 19.2 Å². The maximum absolute atomic E-state index is 11.9. The molecule has 11 nitrogen and oxygen atoms in total. The molecule has 0 aliphatic heterocycles. The molecule has 1 aliphatic rings. The fourth-order valence-electron chi connectivity index (χ4n) is 3.86. The lowest BCUT2D eigenvalue weighted by Crippen LogP contribution is -2.48. The molecule has 3 rings (SSSR count). The number of nitrogens with zero attached hydrogens (tertiary/aromatic N) is 3. The summed E-state index contributed by atoms with van der Waals surface area (Å²) < 4.78 is 5.36. The maximum Gasteiger partial charge on any atom is 0.404 e. The average molecular weight is 444 g/mol. The van der Waals surface area contributed by atoms with Crippen molar-refractivity contribution in [3.05, 3.63) is 29.6 Å². The second-order valence-corrected chi connectivity index (χ2v) is 7.67. The molecule has 11 heteroatoms. The Balaban J connectivity index is 1.86. The number of methoxy groups -OCH3 is 1. The maximum atomic E-state index is 11.9. The lowest BCUT2D eigenvalue weighted by atomic mass is 9.90. The molecule has 0 aromatic carbocycles. The molecule has 1 aliphatic carbocycles. The number of carbonyl (C=O) groups excluding carboxylic acids is 1. The van der Waals surface area contributed by atoms with E-state index < -0.39 is 12.0 Å². The third-order valence-corrected chi connectivity index (χ3v) is 5.34. The van der Waals surface area contributed by atoms with Crippen LogP contribution in [-0.4, -0.2) is 51.5 Å². The number of amides is 2. The highest BCUT2D eigenvalue weighted by molar-refractivity contribution is 5.97. The van der Waals surface area contributed by atoms with E-state index in [9.17, 15) is 9.59 Å². The summed E-state index contributed by atoms with van der Waals surface area (Å²) in [5, 5.41) is 26.1. The van der Waals surface area contributed by atoms with Crippen molar-refractivity contribution in [3.8, 4) is 5.75 Å². The number of hydrogen-bond acceptors (Lipinski definition) is 8. The first-order valence-electron chi connectivity index (χ1n) is 10.7. The van der Waals surface area contributed by atoms with Crippen LogP contribution in [0.3, 0.4) is 0 Å². The fourth-order valence-corrected chi connectivity index (χ4v) is 3.86. The summed E-state index contributed by atoms with van der Waals surface area (Å²) in [7, 11) is 1.59. The van der Waals surface area contributed by atoms with Crippen molar-refractivity contribution in [1.29, 1.82) is 0 Å². The van der Waals surface area contributed by atoms with Gasteiger partial charge >= 0.3 is 6.09 Å². The Morgan fingerprint density at radius 1 is 1.19 bits per heavy atom. The van der Waals surface area contributed by atoms with Crippen LogP contribution in [0, 0.1) is 0 Å². The average Bonchev–Trinajstić information content (AvgIpc) is 2.75. The van der Waals surface area contributed by atoms with Gasteiger partial charge in [0.15, 0.2) is 11.5 Å². The monoisotopic (exact) mass is 443 g/mol. The number of hydrogen-bond donors (Lipinski definition) is 5. The summed E-state index contributed by atoms with van der Waals surface area (Å²) >= 11 is 0. The van der Waals surface area contributed by atoms with Crippen LogP contribution in [0.4, 0.5) is 22.1 Å². The summed E-state index contributed by atoms with van der Waals surface area (Å²) in [4.78, 5) is 27.6. The van der Waals surface area contributed by atoms with Crippen molar-refractivity contribution in [1.82, 2.24) is 20.5 Å². The molecule has 6 N–H and O–H groups in total. The van der Waals surface area contributed by atoms with E-state index in [0.29, 0.717) is 23.1 Å². The van der Waals surface area contributed by atoms with Crippen molar-refractivity contribution in [2.24, 2.45) is 5.73 Å². The summed E-state index contributed by atoms with van der Waals surface area (Å²) in [5.41, 5.74) is 6.62. The second kappa shape index (κ2) is 10.6. The van der Waals surface area contributed by atoms with E-state index in [4.69, 9.17) is 15.6 Å². The second-order valence-electron chi connectivity index (χ2n) is 7.67. The molecule has 0 unspecified atom stereocenters. The van der Waals surface area contributed by atoms with Gasteiger partial charge in [-0.2, -0.15) is 0 Å². The van der Waals surface area contributed by atoms with Crippen LogP contribution >= 0.6 is 0 Å². The van der Waals surface area contributed by atoms with Crippen molar-refractivity contribution < 1.29 is 19.4 Å². The zero-order chi connectivity index (χ0) is 23.1. The van der Waals surface area contributed by atoms with Gasteiger partial charge in [0.05, 0.1) is 24.5 Å². The van der Waals surface area contributed by atoms with E-state index in [1.807, 2.05) is 6.07 Å². The molecule has 1 fully saturated rings. The van der Waals surface area contributed by atoms with Crippen molar-refractivity contribution in [2.75, 3.05) is 17.7 Å². The van der Waals surface area contributed by atoms with Gasteiger partial charge in [0.1, 0.15) is 11.6 Å². The number of aromatic nitrogens is 3. The highest BCUT2D eigenvalue weighted by Gasteiger charge is 2.27. The standard InChI is InChI=1S/C21H29N7O4/c1-3-6-14-16(32-2)9-10-17(24-14)25-15-11-18(27-28-19(15)20(22)29)23-12-7-4-5-8-13(12)26-21(30)31/h9-13,26H,3-8H2,1-2H3,(H2,22,29)(H,30,31)(H2,23,24,25,27)/t12-,13+/m1/s1. The Morgan fingerprint density at radius 3 is 2.59 bits per heavy atom. The highest BCUT2D eigenvalue weighted by Crippen LogP contribution is 2.26. The topological polar surface area (TPSA) is 164 Å². The van der Waals surface area contributed by atoms with Crippen LogP contribution in [0.15, 0.2) is 18.2 Å². The first-order chi connectivity index (χ1) is 15.4. The molecule has 0 radical (unpaired) electrons. The molecule has 32 heavy (non-hydrogen) atoms. The molecular weight excluding hydrogens is 414 g/mol. The smallest absolute Gasteiger partial charge is 0.404 e. The van der Waals surface area contributed by atoms with Crippen LogP contribution in [0.2, 0.25) is 0 Å². The van der Waals surface area contributed by atoms with E-state index in [2.05, 4.69) is 38.1 Å². The molecule has 2 aromatic rings. The van der Waals surface area contributed by atoms with Gasteiger partial charge < -0.3 is 31.5 Å². The van der Waals surface area contributed by atoms with Gasteiger partial charge in [-0.1, -0.05) is 26.2 Å². The number of pyridine rings is 1. The lowest BCUT2D eigenvalue weighted by molar-refractivity contribution is 0.0995. The molecule has 172 valence electrons. The first-order valence-corrected chi connectivity index (χ1v) is 10.7. The van der Waals surface area contributed by atoms with Gasteiger partial charge in [0.2, 0.25) is 0 Å². The Labute approximate surface area is 186 Å². The SMILES string of the molecule is CCCc1nc(Nc2cc(N[C@@H]3CCCC[C@@H]3NC(=O)O)nnc2C(N)=O)ccc1OC. The third kappa shape index (κ3) is 5.74. The zero-order valence-electron chi connectivity index (χ0n) is 18.2. The van der Waals surface area contributed by atoms with Gasteiger partial charge in [0, 0.05) is 12.1 Å². The molecular formula is C21H29N7O4. The lowest BCUT2D eigenvalue weighted by Gasteiger charge is -2.32. The molecule has 2 aromatic heterocycles. The predicted octanol–water partition coefficient (Wildman–Crippen LogP) is 2.67. The Morgan fingerprint density at radius 2 is 1.94 bits per heavy atom. The van der Waals surface area contributed by atoms with E-state index in [-0.39, 0.29) is 17.8 Å². The molecule has 0 spiro atoms. The number of carboxylic acid groups (broad SMARTS) is 1. The van der Waals surface area contributed by atoms with Gasteiger partial charge in [-0.25, -0.2) is 9.78 Å². The summed E-state index contributed by atoms with van der Waals surface area (Å²) in [5.74, 6) is 0.886. The molecule has 0 bridgehead atoms. The molecule has 2 heterocycles. The van der Waals surface area contributed by atoms with Gasteiger partial charge in [-0.15, -0.1) is 10.2 Å². The zero-order valence-corrected chi connectivity index (χ0v) is 18.2. The minimum Gasteiger partial charge on any atom is -0.495 e. The number of ether oxygens (including phenoxy) is 1. The van der Waals surface area contributed by atoms with Crippen molar-refractivity contribution in [2.45, 2.75) is 57.5 Å². The largest absolute Gasteiger partial charge is 0.495 e.